The zero-order valence-electron chi connectivity index (χ0n) is 12.4. The number of hydrogen-bond acceptors (Lipinski definition) is 5. The molecule has 0 aromatic carbocycles. The normalized spacial score (nSPS) is 21.3. The first-order valence-corrected chi connectivity index (χ1v) is 7.11. The molecule has 1 N–H and O–H groups in total. The van der Waals surface area contributed by atoms with Crippen LogP contribution in [0.2, 0.25) is 0 Å². The minimum atomic E-state index is -1.14. The molecule has 3 heterocycles. The molecule has 23 heavy (non-hydrogen) atoms. The second kappa shape index (κ2) is 5.81. The van der Waals surface area contributed by atoms with Crippen LogP contribution in [0.3, 0.4) is 0 Å². The summed E-state index contributed by atoms with van der Waals surface area (Å²) in [6.07, 6.45) is 1.24. The van der Waals surface area contributed by atoms with Crippen LogP contribution < -0.4 is 5.56 Å². The van der Waals surface area contributed by atoms with Gasteiger partial charge in [-0.2, -0.15) is 0 Å². The van der Waals surface area contributed by atoms with Crippen molar-refractivity contribution in [1.29, 1.82) is 0 Å². The Morgan fingerprint density at radius 1 is 1.35 bits per heavy atom. The summed E-state index contributed by atoms with van der Waals surface area (Å²) in [5, 5.41) is 9.08. The maximum absolute atomic E-state index is 12.6. The molecule has 2 aromatic rings. The molecule has 1 fully saturated rings. The third-order valence-corrected chi connectivity index (χ3v) is 3.67. The van der Waals surface area contributed by atoms with Gasteiger partial charge < -0.3 is 14.7 Å². The highest BCUT2D eigenvalue weighted by Gasteiger charge is 2.34. The van der Waals surface area contributed by atoms with Crippen molar-refractivity contribution in [2.45, 2.75) is 19.1 Å². The molecule has 1 aliphatic heterocycles. The molecule has 3 rings (SSSR count). The van der Waals surface area contributed by atoms with Crippen LogP contribution in [0.5, 0.6) is 0 Å². The van der Waals surface area contributed by atoms with Crippen LogP contribution in [0.25, 0.3) is 5.65 Å². The Labute approximate surface area is 130 Å². The van der Waals surface area contributed by atoms with Gasteiger partial charge in [-0.15, -0.1) is 0 Å². The van der Waals surface area contributed by atoms with Gasteiger partial charge in [-0.1, -0.05) is 6.07 Å². The summed E-state index contributed by atoms with van der Waals surface area (Å²) in [5.74, 6) is -1.68. The Hall–Kier alpha value is -2.74. The van der Waals surface area contributed by atoms with Crippen molar-refractivity contribution in [3.63, 3.8) is 0 Å². The Morgan fingerprint density at radius 3 is 2.87 bits per heavy atom. The van der Waals surface area contributed by atoms with E-state index in [9.17, 15) is 14.4 Å². The van der Waals surface area contributed by atoms with Gasteiger partial charge in [0, 0.05) is 18.9 Å². The van der Waals surface area contributed by atoms with Crippen LogP contribution in [-0.4, -0.2) is 56.6 Å². The highest BCUT2D eigenvalue weighted by atomic mass is 16.5. The minimum absolute atomic E-state index is 0.0908. The van der Waals surface area contributed by atoms with Crippen molar-refractivity contribution in [1.82, 2.24) is 14.3 Å². The molecule has 8 heteroatoms. The predicted molar refractivity (Wildman–Crippen MR) is 79.3 cm³/mol. The molecule has 2 atom stereocenters. The van der Waals surface area contributed by atoms with Gasteiger partial charge in [-0.25, -0.2) is 9.78 Å². The van der Waals surface area contributed by atoms with Gasteiger partial charge in [0.1, 0.15) is 11.2 Å². The van der Waals surface area contributed by atoms with E-state index >= 15 is 0 Å². The van der Waals surface area contributed by atoms with Gasteiger partial charge in [-0.05, 0) is 19.1 Å². The molecule has 0 aliphatic carbocycles. The molecule has 2 aromatic heterocycles. The van der Waals surface area contributed by atoms with E-state index in [1.54, 1.807) is 25.1 Å². The number of morpholine rings is 1. The Balaban J connectivity index is 1.95. The molecule has 8 nitrogen and oxygen atoms in total. The average Bonchev–Trinajstić information content (AvgIpc) is 2.54. The van der Waals surface area contributed by atoms with E-state index in [1.807, 2.05) is 0 Å². The number of aliphatic carboxylic acids is 1. The number of ether oxygens (including phenoxy) is 1. The van der Waals surface area contributed by atoms with E-state index in [2.05, 4.69) is 4.98 Å². The maximum Gasteiger partial charge on any atom is 0.334 e. The van der Waals surface area contributed by atoms with Crippen LogP contribution in [0.1, 0.15) is 17.3 Å². The predicted octanol–water partition coefficient (Wildman–Crippen LogP) is 0.00860. The monoisotopic (exact) mass is 317 g/mol. The van der Waals surface area contributed by atoms with Crippen molar-refractivity contribution < 1.29 is 19.4 Å². The standard InChI is InChI=1S/C15H15N3O5/c1-9-7-17(8-11(23-9)15(21)22)13(19)10-6-16-12-4-2-3-5-18(12)14(10)20/h2-6,9,11H,7-8H2,1H3,(H,21,22)/t9-,11?/m1/s1. The zero-order chi connectivity index (χ0) is 16.6. The van der Waals surface area contributed by atoms with Gasteiger partial charge in [0.15, 0.2) is 6.10 Å². The topological polar surface area (TPSA) is 101 Å². The number of amides is 1. The van der Waals surface area contributed by atoms with Crippen molar-refractivity contribution in [3.8, 4) is 0 Å². The summed E-state index contributed by atoms with van der Waals surface area (Å²) in [4.78, 5) is 41.6. The molecule has 1 saturated heterocycles. The van der Waals surface area contributed by atoms with Crippen LogP contribution in [-0.2, 0) is 9.53 Å². The summed E-state index contributed by atoms with van der Waals surface area (Å²) in [5.41, 5.74) is -0.133. The highest BCUT2D eigenvalue weighted by molar-refractivity contribution is 5.94. The van der Waals surface area contributed by atoms with E-state index in [1.165, 1.54) is 21.7 Å². The Morgan fingerprint density at radius 2 is 2.13 bits per heavy atom. The van der Waals surface area contributed by atoms with Crippen LogP contribution >= 0.6 is 0 Å². The lowest BCUT2D eigenvalue weighted by Crippen LogP contribution is -2.52. The number of hydrogen-bond donors (Lipinski definition) is 1. The molecular formula is C15H15N3O5. The molecule has 1 unspecified atom stereocenters. The molecule has 1 aliphatic rings. The number of aromatic nitrogens is 2. The van der Waals surface area contributed by atoms with Gasteiger partial charge in [0.05, 0.1) is 12.6 Å². The lowest BCUT2D eigenvalue weighted by Gasteiger charge is -2.34. The Bertz CT molecular complexity index is 831. The highest BCUT2D eigenvalue weighted by Crippen LogP contribution is 2.13. The fourth-order valence-corrected chi connectivity index (χ4v) is 2.60. The van der Waals surface area contributed by atoms with E-state index in [0.717, 1.165) is 0 Å². The SMILES string of the molecule is C[C@@H]1CN(C(=O)c2cnc3ccccn3c2=O)CC(C(=O)O)O1. The summed E-state index contributed by atoms with van der Waals surface area (Å²) in [7, 11) is 0. The third-order valence-electron chi connectivity index (χ3n) is 3.67. The molecule has 120 valence electrons. The third kappa shape index (κ3) is 2.80. The number of carbonyl (C=O) groups excluding carboxylic acids is 1. The van der Waals surface area contributed by atoms with Crippen molar-refractivity contribution in [3.05, 3.63) is 46.5 Å². The summed E-state index contributed by atoms with van der Waals surface area (Å²) in [6.45, 7) is 1.80. The molecule has 0 saturated carbocycles. The van der Waals surface area contributed by atoms with Gasteiger partial charge >= 0.3 is 5.97 Å². The lowest BCUT2D eigenvalue weighted by molar-refractivity contribution is -0.160. The van der Waals surface area contributed by atoms with Crippen LogP contribution in [0.4, 0.5) is 0 Å². The zero-order valence-corrected chi connectivity index (χ0v) is 12.4. The quantitative estimate of drug-likeness (QED) is 0.837. The first kappa shape index (κ1) is 15.2. The molecular weight excluding hydrogens is 302 g/mol. The number of carboxylic acid groups (broad SMARTS) is 1. The molecule has 0 spiro atoms. The largest absolute Gasteiger partial charge is 0.479 e. The first-order valence-electron chi connectivity index (χ1n) is 7.11. The van der Waals surface area contributed by atoms with Gasteiger partial charge in [0.2, 0.25) is 0 Å². The fourth-order valence-electron chi connectivity index (χ4n) is 2.60. The minimum Gasteiger partial charge on any atom is -0.479 e. The average molecular weight is 317 g/mol. The van der Waals surface area contributed by atoms with E-state index in [0.29, 0.717) is 5.65 Å². The number of fused-ring (bicyclic) bond motifs is 1. The van der Waals surface area contributed by atoms with Crippen molar-refractivity contribution in [2.75, 3.05) is 13.1 Å². The van der Waals surface area contributed by atoms with Crippen LogP contribution in [0, 0.1) is 0 Å². The molecule has 0 bridgehead atoms. The Kier molecular flexibility index (Phi) is 3.83. The lowest BCUT2D eigenvalue weighted by atomic mass is 10.2. The maximum atomic E-state index is 12.6. The van der Waals surface area contributed by atoms with Gasteiger partial charge in [-0.3, -0.25) is 14.0 Å². The van der Waals surface area contributed by atoms with E-state index in [-0.39, 0.29) is 18.7 Å². The van der Waals surface area contributed by atoms with E-state index in [4.69, 9.17) is 9.84 Å². The van der Waals surface area contributed by atoms with Crippen LogP contribution in [0.15, 0.2) is 35.4 Å². The second-order valence-electron chi connectivity index (χ2n) is 5.39. The number of carboxylic acids is 1. The smallest absolute Gasteiger partial charge is 0.334 e. The summed E-state index contributed by atoms with van der Waals surface area (Å²) < 4.78 is 6.56. The second-order valence-corrected chi connectivity index (χ2v) is 5.39. The molecule has 0 radical (unpaired) electrons. The van der Waals surface area contributed by atoms with Crippen molar-refractivity contribution >= 4 is 17.5 Å². The van der Waals surface area contributed by atoms with E-state index < -0.39 is 29.6 Å². The first-order chi connectivity index (χ1) is 11.0. The molecule has 1 amide bonds. The number of nitrogens with zero attached hydrogens (tertiary/aromatic N) is 3. The van der Waals surface area contributed by atoms with Gasteiger partial charge in [0.25, 0.3) is 11.5 Å². The summed E-state index contributed by atoms with van der Waals surface area (Å²) >= 11 is 0. The number of carbonyl (C=O) groups is 2. The summed E-state index contributed by atoms with van der Waals surface area (Å²) in [6, 6.07) is 5.07. The fraction of sp³-hybridized carbons (Fsp3) is 0.333. The number of rotatable bonds is 2. The number of pyridine rings is 1. The van der Waals surface area contributed by atoms with Crippen molar-refractivity contribution in [2.24, 2.45) is 0 Å².